The molecule has 0 bridgehead atoms. The highest BCUT2D eigenvalue weighted by atomic mass is 28.4. The smallest absolute Gasteiger partial charge is 0.183 e. The van der Waals surface area contributed by atoms with Crippen molar-refractivity contribution in [3.8, 4) is 5.75 Å². The van der Waals surface area contributed by atoms with Gasteiger partial charge in [0.2, 0.25) is 0 Å². The van der Waals surface area contributed by atoms with Gasteiger partial charge in [0.1, 0.15) is 5.75 Å². The number of aromatic hydroxyl groups is 1. The van der Waals surface area contributed by atoms with E-state index in [9.17, 15) is 5.11 Å². The van der Waals surface area contributed by atoms with E-state index in [0.717, 1.165) is 16.3 Å². The standard InChI is InChI=1S/C16H21NO2Si/c1-20(2,3)19-11-10-17-12-15-14-7-5-4-6-13(14)8-9-16(15)18/h4-9,12,18H,10-11H2,1-3H3. The van der Waals surface area contributed by atoms with Crippen molar-refractivity contribution >= 4 is 25.3 Å². The van der Waals surface area contributed by atoms with Crippen LogP contribution >= 0.6 is 0 Å². The molecule has 106 valence electrons. The van der Waals surface area contributed by atoms with Crippen LogP contribution < -0.4 is 0 Å². The van der Waals surface area contributed by atoms with E-state index in [1.165, 1.54) is 0 Å². The van der Waals surface area contributed by atoms with Crippen molar-refractivity contribution in [2.45, 2.75) is 19.6 Å². The summed E-state index contributed by atoms with van der Waals surface area (Å²) >= 11 is 0. The molecule has 0 saturated carbocycles. The second-order valence-electron chi connectivity index (χ2n) is 5.72. The number of phenolic OH excluding ortho intramolecular Hbond substituents is 1. The molecule has 0 aliphatic heterocycles. The molecule has 0 aliphatic rings. The van der Waals surface area contributed by atoms with E-state index in [1.807, 2.05) is 30.3 Å². The minimum Gasteiger partial charge on any atom is -0.507 e. The maximum atomic E-state index is 9.98. The fourth-order valence-electron chi connectivity index (χ4n) is 1.98. The Bertz CT molecular complexity index is 617. The second kappa shape index (κ2) is 6.20. The zero-order valence-electron chi connectivity index (χ0n) is 12.3. The Morgan fingerprint density at radius 1 is 1.15 bits per heavy atom. The SMILES string of the molecule is C[Si](C)(C)OCCN=Cc1c(O)ccc2ccccc12. The summed E-state index contributed by atoms with van der Waals surface area (Å²) in [6.07, 6.45) is 1.74. The van der Waals surface area contributed by atoms with Gasteiger partial charge in [-0.15, -0.1) is 0 Å². The van der Waals surface area contributed by atoms with E-state index >= 15 is 0 Å². The molecule has 4 heteroatoms. The second-order valence-corrected chi connectivity index (χ2v) is 10.2. The van der Waals surface area contributed by atoms with E-state index in [-0.39, 0.29) is 5.75 Å². The van der Waals surface area contributed by atoms with E-state index in [0.29, 0.717) is 13.2 Å². The van der Waals surface area contributed by atoms with E-state index < -0.39 is 8.32 Å². The Hall–Kier alpha value is -1.65. The molecule has 0 heterocycles. The Morgan fingerprint density at radius 3 is 2.65 bits per heavy atom. The zero-order valence-corrected chi connectivity index (χ0v) is 13.3. The van der Waals surface area contributed by atoms with Gasteiger partial charge >= 0.3 is 0 Å². The molecule has 0 aliphatic carbocycles. The minimum atomic E-state index is -1.46. The number of hydrogen-bond acceptors (Lipinski definition) is 3. The highest BCUT2D eigenvalue weighted by Crippen LogP contribution is 2.25. The van der Waals surface area contributed by atoms with Gasteiger partial charge < -0.3 is 9.53 Å². The first kappa shape index (κ1) is 14.7. The van der Waals surface area contributed by atoms with Crippen LogP contribution in [0.25, 0.3) is 10.8 Å². The molecular formula is C16H21NO2Si. The summed E-state index contributed by atoms with van der Waals surface area (Å²) in [5.74, 6) is 0.263. The number of phenols is 1. The summed E-state index contributed by atoms with van der Waals surface area (Å²) in [7, 11) is -1.46. The topological polar surface area (TPSA) is 41.8 Å². The molecule has 0 aromatic heterocycles. The molecule has 20 heavy (non-hydrogen) atoms. The molecule has 0 atom stereocenters. The predicted octanol–water partition coefficient (Wildman–Crippen LogP) is 3.82. The van der Waals surface area contributed by atoms with Gasteiger partial charge in [0, 0.05) is 11.8 Å². The molecule has 3 nitrogen and oxygen atoms in total. The lowest BCUT2D eigenvalue weighted by Crippen LogP contribution is -2.26. The number of fused-ring (bicyclic) bond motifs is 1. The third-order valence-corrected chi connectivity index (χ3v) is 3.99. The van der Waals surface area contributed by atoms with Crippen molar-refractivity contribution < 1.29 is 9.53 Å². The lowest BCUT2D eigenvalue weighted by molar-refractivity contribution is 0.323. The van der Waals surface area contributed by atoms with E-state index in [1.54, 1.807) is 12.3 Å². The van der Waals surface area contributed by atoms with Gasteiger partial charge in [-0.1, -0.05) is 30.3 Å². The van der Waals surface area contributed by atoms with Crippen LogP contribution in [0.3, 0.4) is 0 Å². The van der Waals surface area contributed by atoms with Crippen LogP contribution in [-0.2, 0) is 4.43 Å². The normalized spacial score (nSPS) is 12.3. The summed E-state index contributed by atoms with van der Waals surface area (Å²) in [6.45, 7) is 7.73. The highest BCUT2D eigenvalue weighted by molar-refractivity contribution is 6.69. The largest absolute Gasteiger partial charge is 0.507 e. The van der Waals surface area contributed by atoms with Crippen LogP contribution in [0.4, 0.5) is 0 Å². The average Bonchev–Trinajstić information content (AvgIpc) is 2.39. The maximum Gasteiger partial charge on any atom is 0.183 e. The predicted molar refractivity (Wildman–Crippen MR) is 87.4 cm³/mol. The summed E-state index contributed by atoms with van der Waals surface area (Å²) < 4.78 is 5.75. The molecule has 0 amide bonds. The zero-order chi connectivity index (χ0) is 14.6. The van der Waals surface area contributed by atoms with Crippen molar-refractivity contribution in [2.75, 3.05) is 13.2 Å². The third-order valence-electron chi connectivity index (χ3n) is 2.92. The van der Waals surface area contributed by atoms with Crippen LogP contribution in [-0.4, -0.2) is 32.8 Å². The van der Waals surface area contributed by atoms with Crippen LogP contribution in [0, 0.1) is 0 Å². The Morgan fingerprint density at radius 2 is 1.90 bits per heavy atom. The summed E-state index contributed by atoms with van der Waals surface area (Å²) in [6, 6.07) is 11.6. The van der Waals surface area contributed by atoms with Gasteiger partial charge in [0.25, 0.3) is 0 Å². The number of benzene rings is 2. The average molecular weight is 287 g/mol. The first-order chi connectivity index (χ1) is 9.47. The number of nitrogens with zero attached hydrogens (tertiary/aromatic N) is 1. The maximum absolute atomic E-state index is 9.98. The molecule has 0 radical (unpaired) electrons. The number of hydrogen-bond donors (Lipinski definition) is 1. The van der Waals surface area contributed by atoms with Crippen molar-refractivity contribution in [2.24, 2.45) is 4.99 Å². The van der Waals surface area contributed by atoms with Gasteiger partial charge in [-0.25, -0.2) is 0 Å². The Balaban J connectivity index is 2.11. The highest BCUT2D eigenvalue weighted by Gasteiger charge is 2.12. The van der Waals surface area contributed by atoms with Crippen molar-refractivity contribution in [1.29, 1.82) is 0 Å². The third kappa shape index (κ3) is 3.92. The van der Waals surface area contributed by atoms with Crippen LogP contribution in [0.15, 0.2) is 41.4 Å². The lowest BCUT2D eigenvalue weighted by Gasteiger charge is -2.15. The fraction of sp³-hybridized carbons (Fsp3) is 0.312. The summed E-state index contributed by atoms with van der Waals surface area (Å²) in [5.41, 5.74) is 0.774. The molecule has 0 saturated heterocycles. The minimum absolute atomic E-state index is 0.263. The molecule has 2 rings (SSSR count). The molecule has 2 aromatic carbocycles. The lowest BCUT2D eigenvalue weighted by atomic mass is 10.0. The fourth-order valence-corrected chi connectivity index (χ4v) is 2.68. The van der Waals surface area contributed by atoms with E-state index in [4.69, 9.17) is 4.43 Å². The Labute approximate surface area is 121 Å². The molecule has 1 N–H and O–H groups in total. The molecule has 0 unspecified atom stereocenters. The first-order valence-electron chi connectivity index (χ1n) is 6.82. The quantitative estimate of drug-likeness (QED) is 0.516. The van der Waals surface area contributed by atoms with Gasteiger partial charge in [-0.05, 0) is 36.5 Å². The van der Waals surface area contributed by atoms with Crippen molar-refractivity contribution in [3.63, 3.8) is 0 Å². The van der Waals surface area contributed by atoms with E-state index in [2.05, 4.69) is 24.6 Å². The van der Waals surface area contributed by atoms with Crippen LogP contribution in [0.1, 0.15) is 5.56 Å². The molecular weight excluding hydrogens is 266 g/mol. The van der Waals surface area contributed by atoms with Crippen LogP contribution in [0.2, 0.25) is 19.6 Å². The van der Waals surface area contributed by atoms with Crippen molar-refractivity contribution in [1.82, 2.24) is 0 Å². The van der Waals surface area contributed by atoms with Gasteiger partial charge in [0.05, 0.1) is 13.2 Å². The summed E-state index contributed by atoms with van der Waals surface area (Å²) in [4.78, 5) is 4.37. The molecule has 0 spiro atoms. The summed E-state index contributed by atoms with van der Waals surface area (Å²) in [5, 5.41) is 12.1. The van der Waals surface area contributed by atoms with Gasteiger partial charge in [-0.3, -0.25) is 4.99 Å². The van der Waals surface area contributed by atoms with Gasteiger partial charge in [-0.2, -0.15) is 0 Å². The molecule has 2 aromatic rings. The monoisotopic (exact) mass is 287 g/mol. The number of rotatable bonds is 5. The number of aliphatic imine (C=N–C) groups is 1. The Kier molecular flexibility index (Phi) is 4.57. The van der Waals surface area contributed by atoms with Crippen LogP contribution in [0.5, 0.6) is 5.75 Å². The first-order valence-corrected chi connectivity index (χ1v) is 10.2. The van der Waals surface area contributed by atoms with Crippen molar-refractivity contribution in [3.05, 3.63) is 42.0 Å². The van der Waals surface area contributed by atoms with Gasteiger partial charge in [0.15, 0.2) is 8.32 Å². The molecule has 0 fully saturated rings.